The van der Waals surface area contributed by atoms with Gasteiger partial charge >= 0.3 is 6.09 Å². The number of aromatic nitrogens is 1. The zero-order chi connectivity index (χ0) is 21.9. The van der Waals surface area contributed by atoms with Gasteiger partial charge in [0.25, 0.3) is 6.29 Å². The predicted molar refractivity (Wildman–Crippen MR) is 115 cm³/mol. The molecule has 3 rings (SSSR count). The molecule has 0 saturated heterocycles. The number of aliphatic hydroxyl groups is 1. The summed E-state index contributed by atoms with van der Waals surface area (Å²) in [6.45, 7) is 5.23. The number of nitrogens with one attached hydrogen (secondary N) is 1. The van der Waals surface area contributed by atoms with Gasteiger partial charge in [-0.25, -0.2) is 9.78 Å². The molecule has 30 heavy (non-hydrogen) atoms. The average Bonchev–Trinajstić information content (AvgIpc) is 3.30. The van der Waals surface area contributed by atoms with Crippen LogP contribution in [-0.4, -0.2) is 28.4 Å². The first-order valence-corrected chi connectivity index (χ1v) is 10.8. The lowest BCUT2D eigenvalue weighted by Gasteiger charge is -2.24. The summed E-state index contributed by atoms with van der Waals surface area (Å²) in [6.07, 6.45) is 1.99. The van der Waals surface area contributed by atoms with Gasteiger partial charge in [-0.05, 0) is 44.9 Å². The van der Waals surface area contributed by atoms with Gasteiger partial charge in [0.1, 0.15) is 29.3 Å². The molecule has 1 aliphatic rings. The summed E-state index contributed by atoms with van der Waals surface area (Å²) in [7, 11) is 0. The Morgan fingerprint density at radius 1 is 1.33 bits per heavy atom. The van der Waals surface area contributed by atoms with Crippen LogP contribution in [0.25, 0.3) is 0 Å². The van der Waals surface area contributed by atoms with Crippen LogP contribution in [-0.2, 0) is 20.6 Å². The molecule has 1 amide bonds. The van der Waals surface area contributed by atoms with Crippen molar-refractivity contribution in [3.05, 3.63) is 61.9 Å². The quantitative estimate of drug-likeness (QED) is 0.567. The van der Waals surface area contributed by atoms with E-state index in [1.165, 1.54) is 23.9 Å². The molecule has 1 unspecified atom stereocenters. The van der Waals surface area contributed by atoms with Crippen molar-refractivity contribution in [3.8, 4) is 0 Å². The minimum absolute atomic E-state index is 0.0898. The summed E-state index contributed by atoms with van der Waals surface area (Å²) >= 11 is 14.0. The lowest BCUT2D eigenvalue weighted by atomic mass is 9.99. The summed E-state index contributed by atoms with van der Waals surface area (Å²) in [4.78, 5) is 17.7. The molecule has 0 aromatic carbocycles. The van der Waals surface area contributed by atoms with Crippen molar-refractivity contribution in [1.29, 1.82) is 0 Å². The van der Waals surface area contributed by atoms with Crippen LogP contribution in [0.3, 0.4) is 0 Å². The summed E-state index contributed by atoms with van der Waals surface area (Å²) in [5.41, 5.74) is 1.10. The van der Waals surface area contributed by atoms with Crippen molar-refractivity contribution in [2.75, 3.05) is 6.61 Å². The fourth-order valence-electron chi connectivity index (χ4n) is 2.87. The van der Waals surface area contributed by atoms with E-state index in [0.717, 1.165) is 10.4 Å². The van der Waals surface area contributed by atoms with Crippen LogP contribution in [0, 0.1) is 0 Å². The normalized spacial score (nSPS) is 14.9. The third kappa shape index (κ3) is 5.57. The third-order valence-electron chi connectivity index (χ3n) is 4.03. The molecule has 2 aromatic heterocycles. The number of carbonyl (C=O) groups excluding carboxylic acids is 1. The van der Waals surface area contributed by atoms with Gasteiger partial charge in [-0.2, -0.15) is 0 Å². The van der Waals surface area contributed by atoms with Crippen molar-refractivity contribution < 1.29 is 24.1 Å². The highest BCUT2D eigenvalue weighted by atomic mass is 35.5. The molecule has 1 aliphatic heterocycles. The largest absolute Gasteiger partial charge is 0.454 e. The lowest BCUT2D eigenvalue weighted by molar-refractivity contribution is -0.0217. The minimum atomic E-state index is -0.757. The topological polar surface area (TPSA) is 89.9 Å². The van der Waals surface area contributed by atoms with Gasteiger partial charge in [0, 0.05) is 12.2 Å². The number of ether oxygens (including phenoxy) is 3. The maximum atomic E-state index is 12.6. The van der Waals surface area contributed by atoms with Crippen LogP contribution in [0.4, 0.5) is 4.79 Å². The monoisotopic (exact) mass is 472 g/mol. The number of rotatable bonds is 6. The zero-order valence-electron chi connectivity index (χ0n) is 16.6. The molecule has 0 aliphatic carbocycles. The molecule has 3 heterocycles. The Labute approximate surface area is 188 Å². The maximum absolute atomic E-state index is 12.6. The van der Waals surface area contributed by atoms with Crippen LogP contribution < -0.4 is 5.32 Å². The van der Waals surface area contributed by atoms with Crippen LogP contribution in [0.5, 0.6) is 0 Å². The molecular weight excluding hydrogens is 451 g/mol. The van der Waals surface area contributed by atoms with E-state index in [4.69, 9.17) is 37.4 Å². The molecule has 0 bridgehead atoms. The number of amides is 1. The van der Waals surface area contributed by atoms with Gasteiger partial charge in [0.15, 0.2) is 0 Å². The van der Waals surface area contributed by atoms with E-state index < -0.39 is 24.0 Å². The smallest absolute Gasteiger partial charge is 0.408 e. The molecule has 10 heteroatoms. The Morgan fingerprint density at radius 3 is 2.67 bits per heavy atom. The van der Waals surface area contributed by atoms with E-state index in [1.807, 2.05) is 0 Å². The van der Waals surface area contributed by atoms with Crippen LogP contribution in [0.15, 0.2) is 30.7 Å². The lowest BCUT2D eigenvalue weighted by Crippen LogP contribution is -2.36. The molecule has 7 nitrogen and oxygen atoms in total. The van der Waals surface area contributed by atoms with Crippen molar-refractivity contribution >= 4 is 40.6 Å². The number of halogens is 2. The fourth-order valence-corrected chi connectivity index (χ4v) is 4.35. The highest BCUT2D eigenvalue weighted by Crippen LogP contribution is 2.40. The van der Waals surface area contributed by atoms with E-state index in [9.17, 15) is 9.90 Å². The second kappa shape index (κ2) is 9.43. The third-order valence-corrected chi connectivity index (χ3v) is 5.65. The number of carbonyl (C=O) groups is 1. The van der Waals surface area contributed by atoms with Gasteiger partial charge in [0.05, 0.1) is 14.9 Å². The zero-order valence-corrected chi connectivity index (χ0v) is 19.0. The molecule has 162 valence electrons. The van der Waals surface area contributed by atoms with E-state index in [-0.39, 0.29) is 11.8 Å². The molecule has 0 saturated carbocycles. The molecule has 0 fully saturated rings. The van der Waals surface area contributed by atoms with E-state index >= 15 is 0 Å². The SMILES string of the molecule is CC(C)(C)OC(=O)NC(c1cc(C2OC=CO2)sc1Cl)c1nc(Cl)ccc1CCO. The first-order chi connectivity index (χ1) is 14.2. The first-order valence-electron chi connectivity index (χ1n) is 9.18. The second-order valence-corrected chi connectivity index (χ2v) is 9.56. The summed E-state index contributed by atoms with van der Waals surface area (Å²) in [5.74, 6) is 0. The van der Waals surface area contributed by atoms with Crippen LogP contribution >= 0.6 is 34.5 Å². The van der Waals surface area contributed by atoms with Gasteiger partial charge < -0.3 is 24.6 Å². The van der Waals surface area contributed by atoms with Gasteiger partial charge in [-0.15, -0.1) is 11.3 Å². The number of nitrogens with zero attached hydrogens (tertiary/aromatic N) is 1. The molecule has 2 aromatic rings. The number of hydrogen-bond acceptors (Lipinski definition) is 7. The standard InChI is InChI=1S/C20H22Cl2N2O5S/c1-20(2,3)29-19(26)24-16(15-11(6-7-25)4-5-14(21)23-15)12-10-13(30-17(12)22)18-27-8-9-28-18/h4-5,8-10,16,18,25H,6-7H2,1-3H3,(H,24,26). The van der Waals surface area contributed by atoms with E-state index in [0.29, 0.717) is 22.0 Å². The molecule has 0 spiro atoms. The highest BCUT2D eigenvalue weighted by Gasteiger charge is 2.30. The van der Waals surface area contributed by atoms with Crippen LogP contribution in [0.2, 0.25) is 9.49 Å². The Bertz CT molecular complexity index is 934. The summed E-state index contributed by atoms with van der Waals surface area (Å²) in [5, 5.41) is 12.6. The second-order valence-electron chi connectivity index (χ2n) is 7.49. The summed E-state index contributed by atoms with van der Waals surface area (Å²) < 4.78 is 16.6. The fraction of sp³-hybridized carbons (Fsp3) is 0.400. The van der Waals surface area contributed by atoms with Gasteiger partial charge in [0.2, 0.25) is 0 Å². The van der Waals surface area contributed by atoms with Crippen molar-refractivity contribution in [2.24, 2.45) is 0 Å². The highest BCUT2D eigenvalue weighted by molar-refractivity contribution is 7.16. The number of aliphatic hydroxyl groups excluding tert-OH is 1. The van der Waals surface area contributed by atoms with Crippen molar-refractivity contribution in [1.82, 2.24) is 10.3 Å². The first kappa shape index (κ1) is 22.7. The number of thiophene rings is 1. The van der Waals surface area contributed by atoms with Crippen molar-refractivity contribution in [3.63, 3.8) is 0 Å². The minimum Gasteiger partial charge on any atom is -0.454 e. The number of pyridine rings is 1. The number of hydrogen-bond donors (Lipinski definition) is 2. The Kier molecular flexibility index (Phi) is 7.13. The Balaban J connectivity index is 2.02. The van der Waals surface area contributed by atoms with E-state index in [2.05, 4.69) is 10.3 Å². The predicted octanol–water partition coefficient (Wildman–Crippen LogP) is 5.12. The summed E-state index contributed by atoms with van der Waals surface area (Å²) in [6, 6.07) is 4.43. The average molecular weight is 473 g/mol. The van der Waals surface area contributed by atoms with E-state index in [1.54, 1.807) is 39.0 Å². The van der Waals surface area contributed by atoms with Gasteiger partial charge in [-0.1, -0.05) is 29.3 Å². The Hall–Kier alpha value is -2.00. The maximum Gasteiger partial charge on any atom is 0.408 e. The molecule has 0 radical (unpaired) electrons. The molecular formula is C20H22Cl2N2O5S. The molecule has 1 atom stereocenters. The van der Waals surface area contributed by atoms with Crippen molar-refractivity contribution in [2.45, 2.75) is 45.1 Å². The number of alkyl carbamates (subject to hydrolysis) is 1. The van der Waals surface area contributed by atoms with Crippen LogP contribution in [0.1, 0.15) is 54.8 Å². The Morgan fingerprint density at radius 2 is 2.03 bits per heavy atom. The van der Waals surface area contributed by atoms with Gasteiger partial charge in [-0.3, -0.25) is 0 Å². The molecule has 2 N–H and O–H groups in total.